The van der Waals surface area contributed by atoms with E-state index in [1.165, 1.54) is 0 Å². The largest absolute Gasteiger partial charge is 0.393 e. The molecule has 0 bridgehead atoms. The molecule has 0 heterocycles. The third-order valence-corrected chi connectivity index (χ3v) is 4.66. The topological polar surface area (TPSA) is 35.5 Å². The van der Waals surface area contributed by atoms with E-state index in [1.807, 2.05) is 61.5 Å². The van der Waals surface area contributed by atoms with Crippen LogP contribution in [-0.2, 0) is 15.6 Å². The normalized spacial score (nSPS) is 12.1. The van der Waals surface area contributed by atoms with Gasteiger partial charge in [0.2, 0.25) is 9.76 Å². The summed E-state index contributed by atoms with van der Waals surface area (Å²) in [5.41, 5.74) is 2.64. The minimum Gasteiger partial charge on any atom is -0.393 e. The van der Waals surface area contributed by atoms with Crippen molar-refractivity contribution >= 4 is 15.5 Å². The van der Waals surface area contributed by atoms with E-state index in [1.54, 1.807) is 7.11 Å². The molecule has 120 valence electrons. The summed E-state index contributed by atoms with van der Waals surface area (Å²) in [6.45, 7) is 1.89. The van der Waals surface area contributed by atoms with Crippen LogP contribution in [0.4, 0.5) is 0 Å². The first-order chi connectivity index (χ1) is 11.2. The van der Waals surface area contributed by atoms with E-state index in [2.05, 4.69) is 0 Å². The predicted octanol–water partition coefficient (Wildman–Crippen LogP) is 3.90. The number of carbonyl (C=O) groups is 1. The van der Waals surface area contributed by atoms with Crippen LogP contribution >= 0.6 is 0 Å². The predicted molar refractivity (Wildman–Crippen MR) is 92.8 cm³/mol. The lowest BCUT2D eigenvalue weighted by Crippen LogP contribution is -2.13. The van der Waals surface area contributed by atoms with Gasteiger partial charge in [-0.05, 0) is 31.4 Å². The lowest BCUT2D eigenvalue weighted by atomic mass is 9.96. The highest BCUT2D eigenvalue weighted by Gasteiger charge is 2.12. The van der Waals surface area contributed by atoms with Gasteiger partial charge in [-0.1, -0.05) is 54.6 Å². The van der Waals surface area contributed by atoms with Gasteiger partial charge in [-0.3, -0.25) is 4.79 Å². The molecule has 23 heavy (non-hydrogen) atoms. The fraction of sp³-hybridized carbons (Fsp3) is 0.316. The van der Waals surface area contributed by atoms with E-state index in [0.717, 1.165) is 35.6 Å². The van der Waals surface area contributed by atoms with Crippen molar-refractivity contribution in [2.24, 2.45) is 0 Å². The molecule has 3 nitrogen and oxygen atoms in total. The fourth-order valence-corrected chi connectivity index (χ4v) is 3.05. The second-order valence-corrected chi connectivity index (χ2v) is 6.30. The number of rotatable bonds is 9. The molecule has 1 unspecified atom stereocenters. The first-order valence-electron chi connectivity index (χ1n) is 7.81. The van der Waals surface area contributed by atoms with Crippen molar-refractivity contribution < 1.29 is 14.0 Å². The molecule has 2 aromatic rings. The molecule has 0 saturated heterocycles. The highest BCUT2D eigenvalue weighted by atomic mass is 28.2. The molecule has 0 amide bonds. The van der Waals surface area contributed by atoms with Crippen LogP contribution < -0.4 is 0 Å². The van der Waals surface area contributed by atoms with Crippen molar-refractivity contribution in [1.82, 2.24) is 0 Å². The van der Waals surface area contributed by atoms with Gasteiger partial charge in [0.25, 0.3) is 0 Å². The minimum atomic E-state index is -0.153. The zero-order valence-corrected chi connectivity index (χ0v) is 14.6. The van der Waals surface area contributed by atoms with Crippen LogP contribution in [0.15, 0.2) is 54.6 Å². The van der Waals surface area contributed by atoms with Crippen LogP contribution in [0.5, 0.6) is 0 Å². The molecule has 0 aliphatic heterocycles. The molecule has 0 aromatic heterocycles. The Kier molecular flexibility index (Phi) is 7.19. The Bertz CT molecular complexity index is 613. The number of ketones is 1. The summed E-state index contributed by atoms with van der Waals surface area (Å²) in [6.07, 6.45) is 1.72. The van der Waals surface area contributed by atoms with Crippen LogP contribution in [0, 0.1) is 0 Å². The van der Waals surface area contributed by atoms with Crippen molar-refractivity contribution in [3.63, 3.8) is 0 Å². The van der Waals surface area contributed by atoms with E-state index in [4.69, 9.17) is 9.16 Å². The van der Waals surface area contributed by atoms with Crippen molar-refractivity contribution in [3.05, 3.63) is 71.3 Å². The molecular weight excluding hydrogens is 304 g/mol. The summed E-state index contributed by atoms with van der Waals surface area (Å²) in [5, 5.41) is 0. The Balaban J connectivity index is 1.94. The third-order valence-electron chi connectivity index (χ3n) is 3.60. The van der Waals surface area contributed by atoms with Crippen LogP contribution in [0.3, 0.4) is 0 Å². The van der Waals surface area contributed by atoms with Gasteiger partial charge < -0.3 is 9.16 Å². The number of carbonyl (C=O) groups excluding carboxylic acids is 1. The summed E-state index contributed by atoms with van der Waals surface area (Å²) in [4.78, 5) is 12.6. The molecule has 1 atom stereocenters. The van der Waals surface area contributed by atoms with E-state index in [9.17, 15) is 4.79 Å². The molecule has 0 N–H and O–H groups in total. The van der Waals surface area contributed by atoms with Crippen molar-refractivity contribution in [2.75, 3.05) is 7.11 Å². The van der Waals surface area contributed by atoms with Crippen LogP contribution in [0.1, 0.15) is 34.8 Å². The lowest BCUT2D eigenvalue weighted by Gasteiger charge is -2.11. The first kappa shape index (κ1) is 17.6. The van der Waals surface area contributed by atoms with Gasteiger partial charge in [0.15, 0.2) is 5.78 Å². The van der Waals surface area contributed by atoms with E-state index < -0.39 is 0 Å². The van der Waals surface area contributed by atoms with Gasteiger partial charge in [-0.15, -0.1) is 0 Å². The average Bonchev–Trinajstić information content (AvgIpc) is 2.61. The molecule has 2 aromatic carbocycles. The molecule has 0 aliphatic carbocycles. The maximum absolute atomic E-state index is 12.6. The van der Waals surface area contributed by atoms with Crippen molar-refractivity contribution in [2.45, 2.75) is 32.1 Å². The smallest absolute Gasteiger partial charge is 0.233 e. The fourth-order valence-electron chi connectivity index (χ4n) is 2.28. The van der Waals surface area contributed by atoms with Crippen LogP contribution in [0.2, 0.25) is 6.04 Å². The minimum absolute atomic E-state index is 0.0907. The van der Waals surface area contributed by atoms with Crippen molar-refractivity contribution in [1.29, 1.82) is 0 Å². The summed E-state index contributed by atoms with van der Waals surface area (Å²) in [6, 6.07) is 18.3. The van der Waals surface area contributed by atoms with Gasteiger partial charge in [0.05, 0.1) is 0 Å². The quantitative estimate of drug-likeness (QED) is 0.303. The third kappa shape index (κ3) is 5.43. The zero-order chi connectivity index (χ0) is 16.5. The maximum atomic E-state index is 12.6. The van der Waals surface area contributed by atoms with Crippen molar-refractivity contribution in [3.8, 4) is 0 Å². The van der Waals surface area contributed by atoms with E-state index >= 15 is 0 Å². The Hall–Kier alpha value is -1.75. The Morgan fingerprint density at radius 2 is 1.78 bits per heavy atom. The molecule has 0 fully saturated rings. The summed E-state index contributed by atoms with van der Waals surface area (Å²) >= 11 is 0. The summed E-state index contributed by atoms with van der Waals surface area (Å²) < 4.78 is 10.6. The van der Waals surface area contributed by atoms with E-state index in [0.29, 0.717) is 9.76 Å². The number of benzene rings is 2. The van der Waals surface area contributed by atoms with Crippen LogP contribution in [0.25, 0.3) is 0 Å². The Morgan fingerprint density at radius 1 is 1.09 bits per heavy atom. The molecule has 2 radical (unpaired) electrons. The second kappa shape index (κ2) is 9.40. The molecule has 2 rings (SSSR count). The Morgan fingerprint density at radius 3 is 2.52 bits per heavy atom. The summed E-state index contributed by atoms with van der Waals surface area (Å²) in [5.74, 6) is 0.0907. The second-order valence-electron chi connectivity index (χ2n) is 5.27. The number of hydrogen-bond donors (Lipinski definition) is 0. The SMILES string of the molecule is COC(C)O[Si]CCCc1ccccc1C(=O)c1ccccc1. The number of aryl methyl sites for hydroxylation is 1. The highest BCUT2D eigenvalue weighted by Crippen LogP contribution is 2.17. The number of hydrogen-bond acceptors (Lipinski definition) is 3. The van der Waals surface area contributed by atoms with Crippen LogP contribution in [-0.4, -0.2) is 28.9 Å². The van der Waals surface area contributed by atoms with Gasteiger partial charge in [-0.25, -0.2) is 0 Å². The van der Waals surface area contributed by atoms with Gasteiger partial charge >= 0.3 is 0 Å². The summed E-state index contributed by atoms with van der Waals surface area (Å²) in [7, 11) is 2.06. The standard InChI is InChI=1S/C19H22O3Si/c1-15(21-2)22-23-14-8-12-16-9-6-7-13-18(16)19(20)17-10-4-3-5-11-17/h3-7,9-11,13,15H,8,12,14H2,1-2H3. The molecule has 0 saturated carbocycles. The number of ether oxygens (including phenoxy) is 1. The molecule has 0 aliphatic rings. The monoisotopic (exact) mass is 326 g/mol. The Labute approximate surface area is 140 Å². The molecule has 0 spiro atoms. The maximum Gasteiger partial charge on any atom is 0.233 e. The van der Waals surface area contributed by atoms with Gasteiger partial charge in [0, 0.05) is 18.2 Å². The van der Waals surface area contributed by atoms with Gasteiger partial charge in [-0.2, -0.15) is 0 Å². The molecule has 4 heteroatoms. The first-order valence-corrected chi connectivity index (χ1v) is 8.93. The molecular formula is C19H22O3Si. The van der Waals surface area contributed by atoms with Gasteiger partial charge in [0.1, 0.15) is 6.29 Å². The number of methoxy groups -OCH3 is 1. The lowest BCUT2D eigenvalue weighted by molar-refractivity contribution is -0.0371. The average molecular weight is 326 g/mol. The van der Waals surface area contributed by atoms with E-state index in [-0.39, 0.29) is 12.1 Å². The zero-order valence-electron chi connectivity index (χ0n) is 13.6. The highest BCUT2D eigenvalue weighted by molar-refractivity contribution is 6.27.